The number of rotatable bonds is 0. The molecule has 0 aromatic heterocycles. The first-order valence-electron chi connectivity index (χ1n) is 2.75. The van der Waals surface area contributed by atoms with Crippen molar-refractivity contribution in [2.45, 2.75) is 13.3 Å². The maximum atomic E-state index is 10.5. The van der Waals surface area contributed by atoms with E-state index < -0.39 is 5.97 Å². The van der Waals surface area contributed by atoms with Crippen LogP contribution < -0.4 is 34.7 Å². The Morgan fingerprint density at radius 1 is 1.70 bits per heavy atom. The minimum atomic E-state index is -0.442. The predicted molar refractivity (Wildman–Crippen MR) is 28.3 cm³/mol. The van der Waals surface area contributed by atoms with Crippen LogP contribution in [0.15, 0.2) is 11.3 Å². The van der Waals surface area contributed by atoms with Crippen LogP contribution in [0, 0.1) is 0 Å². The van der Waals surface area contributed by atoms with Gasteiger partial charge in [0, 0.05) is 12.0 Å². The average Bonchev–Trinajstić information content (AvgIpc) is 2.13. The van der Waals surface area contributed by atoms with Crippen LogP contribution in [0.5, 0.6) is 0 Å². The standard InChI is InChI=1S/C6H8O3.Na/c1-4(7)5-2-3-9-6(5)8;/h7H,2-3H2,1H3;/q;+1/p-1/b5-4+;. The van der Waals surface area contributed by atoms with Crippen molar-refractivity contribution < 1.29 is 44.2 Å². The number of hydrogen-bond acceptors (Lipinski definition) is 3. The van der Waals surface area contributed by atoms with E-state index in [9.17, 15) is 9.90 Å². The molecular formula is C6H7NaO3. The Hall–Kier alpha value is 0.0100. The number of carbonyl (C=O) groups is 1. The number of esters is 1. The monoisotopic (exact) mass is 150 g/mol. The summed E-state index contributed by atoms with van der Waals surface area (Å²) in [5.74, 6) is -0.611. The van der Waals surface area contributed by atoms with E-state index in [-0.39, 0.29) is 35.3 Å². The predicted octanol–water partition coefficient (Wildman–Crippen LogP) is -3.43. The minimum absolute atomic E-state index is 0. The molecule has 0 spiro atoms. The molecule has 4 heteroatoms. The zero-order valence-electron chi connectivity index (χ0n) is 6.14. The van der Waals surface area contributed by atoms with Crippen molar-refractivity contribution in [2.24, 2.45) is 0 Å². The Kier molecular flexibility index (Phi) is 4.01. The van der Waals surface area contributed by atoms with Crippen LogP contribution in [-0.2, 0) is 9.53 Å². The number of ether oxygens (including phenoxy) is 1. The Bertz CT molecular complexity index is 170. The van der Waals surface area contributed by atoms with Crippen molar-refractivity contribution in [1.29, 1.82) is 0 Å². The van der Waals surface area contributed by atoms with Gasteiger partial charge in [0.15, 0.2) is 0 Å². The summed E-state index contributed by atoms with van der Waals surface area (Å²) >= 11 is 0. The van der Waals surface area contributed by atoms with E-state index in [1.807, 2.05) is 0 Å². The molecule has 1 aliphatic rings. The number of carbonyl (C=O) groups excluding carboxylic acids is 1. The number of allylic oxidation sites excluding steroid dienone is 1. The van der Waals surface area contributed by atoms with Gasteiger partial charge < -0.3 is 9.84 Å². The first kappa shape index (κ1) is 10.0. The van der Waals surface area contributed by atoms with Crippen LogP contribution in [0.25, 0.3) is 0 Å². The van der Waals surface area contributed by atoms with Gasteiger partial charge in [-0.2, -0.15) is 0 Å². The van der Waals surface area contributed by atoms with Gasteiger partial charge in [0.25, 0.3) is 0 Å². The van der Waals surface area contributed by atoms with E-state index in [1.165, 1.54) is 6.92 Å². The third-order valence-electron chi connectivity index (χ3n) is 1.26. The normalized spacial score (nSPS) is 21.5. The fraction of sp³-hybridized carbons (Fsp3) is 0.500. The first-order chi connectivity index (χ1) is 4.22. The molecule has 1 rings (SSSR count). The Balaban J connectivity index is 0.000000810. The zero-order valence-corrected chi connectivity index (χ0v) is 8.14. The summed E-state index contributed by atoms with van der Waals surface area (Å²) < 4.78 is 4.53. The molecule has 0 amide bonds. The van der Waals surface area contributed by atoms with Gasteiger partial charge in [0.2, 0.25) is 0 Å². The van der Waals surface area contributed by atoms with Crippen molar-refractivity contribution in [3.8, 4) is 0 Å². The molecule has 0 N–H and O–H groups in total. The molecule has 0 bridgehead atoms. The molecule has 0 unspecified atom stereocenters. The van der Waals surface area contributed by atoms with Gasteiger partial charge in [-0.3, -0.25) is 0 Å². The second-order valence-corrected chi connectivity index (χ2v) is 1.92. The Morgan fingerprint density at radius 3 is 2.50 bits per heavy atom. The molecule has 50 valence electrons. The third-order valence-corrected chi connectivity index (χ3v) is 1.26. The van der Waals surface area contributed by atoms with Crippen LogP contribution in [0.3, 0.4) is 0 Å². The van der Waals surface area contributed by atoms with E-state index in [4.69, 9.17) is 0 Å². The van der Waals surface area contributed by atoms with Crippen LogP contribution in [-0.4, -0.2) is 12.6 Å². The number of hydrogen-bond donors (Lipinski definition) is 0. The van der Waals surface area contributed by atoms with E-state index in [0.29, 0.717) is 18.6 Å². The van der Waals surface area contributed by atoms with Crippen LogP contribution in [0.1, 0.15) is 13.3 Å². The molecule has 0 aromatic carbocycles. The quantitative estimate of drug-likeness (QED) is 0.156. The second kappa shape index (κ2) is 4.01. The molecular weight excluding hydrogens is 143 g/mol. The molecule has 0 aliphatic carbocycles. The van der Waals surface area contributed by atoms with E-state index >= 15 is 0 Å². The molecule has 1 heterocycles. The van der Waals surface area contributed by atoms with E-state index in [1.54, 1.807) is 0 Å². The van der Waals surface area contributed by atoms with Crippen molar-refractivity contribution in [3.63, 3.8) is 0 Å². The smallest absolute Gasteiger partial charge is 0.875 e. The van der Waals surface area contributed by atoms with Crippen molar-refractivity contribution >= 4 is 5.97 Å². The molecule has 10 heavy (non-hydrogen) atoms. The van der Waals surface area contributed by atoms with Gasteiger partial charge in [0.1, 0.15) is 0 Å². The summed E-state index contributed by atoms with van der Waals surface area (Å²) in [7, 11) is 0. The largest absolute Gasteiger partial charge is 1.00 e. The minimum Gasteiger partial charge on any atom is -0.875 e. The van der Waals surface area contributed by atoms with Crippen LogP contribution in [0.2, 0.25) is 0 Å². The summed E-state index contributed by atoms with van der Waals surface area (Å²) in [4.78, 5) is 10.5. The second-order valence-electron chi connectivity index (χ2n) is 1.92. The molecule has 0 aromatic rings. The van der Waals surface area contributed by atoms with Gasteiger partial charge in [-0.05, 0) is 0 Å². The summed E-state index contributed by atoms with van der Waals surface area (Å²) in [5.41, 5.74) is 0.301. The average molecular weight is 150 g/mol. The molecule has 0 radical (unpaired) electrons. The zero-order chi connectivity index (χ0) is 6.85. The maximum Gasteiger partial charge on any atom is 1.00 e. The van der Waals surface area contributed by atoms with E-state index in [0.717, 1.165) is 0 Å². The van der Waals surface area contributed by atoms with Gasteiger partial charge in [-0.25, -0.2) is 4.79 Å². The molecule has 3 nitrogen and oxygen atoms in total. The summed E-state index contributed by atoms with van der Waals surface area (Å²) in [5, 5.41) is 10.5. The van der Waals surface area contributed by atoms with Gasteiger partial charge >= 0.3 is 35.5 Å². The summed E-state index contributed by atoms with van der Waals surface area (Å²) in [6, 6.07) is 0. The molecule has 0 saturated carbocycles. The summed E-state index contributed by atoms with van der Waals surface area (Å²) in [6.45, 7) is 1.75. The van der Waals surface area contributed by atoms with Crippen LogP contribution >= 0.6 is 0 Å². The van der Waals surface area contributed by atoms with Gasteiger partial charge in [0.05, 0.1) is 6.61 Å². The maximum absolute atomic E-state index is 10.5. The molecule has 1 aliphatic heterocycles. The van der Waals surface area contributed by atoms with Crippen molar-refractivity contribution in [1.82, 2.24) is 0 Å². The summed E-state index contributed by atoms with van der Waals surface area (Å²) in [6.07, 6.45) is 0.480. The Morgan fingerprint density at radius 2 is 2.30 bits per heavy atom. The molecule has 1 saturated heterocycles. The molecule has 0 atom stereocenters. The molecule has 1 fully saturated rings. The Labute approximate surface area is 81.4 Å². The SMILES string of the molecule is C/C([O-])=C1/CCOC1=O.[Na+]. The van der Waals surface area contributed by atoms with Gasteiger partial charge in [-0.1, -0.05) is 6.92 Å². The van der Waals surface area contributed by atoms with Crippen LogP contribution in [0.4, 0.5) is 0 Å². The fourth-order valence-corrected chi connectivity index (χ4v) is 0.755. The topological polar surface area (TPSA) is 49.4 Å². The van der Waals surface area contributed by atoms with Crippen molar-refractivity contribution in [3.05, 3.63) is 11.3 Å². The first-order valence-corrected chi connectivity index (χ1v) is 2.75. The number of cyclic esters (lactones) is 1. The third kappa shape index (κ3) is 2.01. The fourth-order valence-electron chi connectivity index (χ4n) is 0.755. The van der Waals surface area contributed by atoms with Crippen molar-refractivity contribution in [2.75, 3.05) is 6.61 Å². The van der Waals surface area contributed by atoms with E-state index in [2.05, 4.69) is 4.74 Å². The van der Waals surface area contributed by atoms with Gasteiger partial charge in [-0.15, -0.1) is 5.76 Å².